The predicted octanol–water partition coefficient (Wildman–Crippen LogP) is 4.06. The fraction of sp³-hybridized carbons (Fsp3) is 0.444. The van der Waals surface area contributed by atoms with Crippen molar-refractivity contribution in [2.75, 3.05) is 6.61 Å². The van der Waals surface area contributed by atoms with Crippen molar-refractivity contribution >= 4 is 18.0 Å². The van der Waals surface area contributed by atoms with E-state index in [1.807, 2.05) is 24.3 Å². The van der Waals surface area contributed by atoms with Crippen molar-refractivity contribution < 1.29 is 24.2 Å². The Kier molecular flexibility index (Phi) is 6.26. The quantitative estimate of drug-likeness (QED) is 0.600. The summed E-state index contributed by atoms with van der Waals surface area (Å²) in [6, 6.07) is 16.0. The fourth-order valence-electron chi connectivity index (χ4n) is 5.66. The number of rotatable bonds is 6. The Morgan fingerprint density at radius 3 is 2.15 bits per heavy atom. The third-order valence-corrected chi connectivity index (χ3v) is 7.59. The summed E-state index contributed by atoms with van der Waals surface area (Å²) < 4.78 is 5.59. The van der Waals surface area contributed by atoms with Crippen LogP contribution in [0.3, 0.4) is 0 Å². The molecule has 34 heavy (non-hydrogen) atoms. The number of carbonyl (C=O) groups is 3. The molecule has 3 N–H and O–H groups in total. The molecule has 0 saturated heterocycles. The van der Waals surface area contributed by atoms with E-state index in [9.17, 15) is 19.5 Å². The zero-order valence-corrected chi connectivity index (χ0v) is 19.0. The van der Waals surface area contributed by atoms with E-state index in [0.717, 1.165) is 12.8 Å². The van der Waals surface area contributed by atoms with Crippen molar-refractivity contribution in [1.29, 1.82) is 0 Å². The van der Waals surface area contributed by atoms with Gasteiger partial charge in [0.1, 0.15) is 6.61 Å². The van der Waals surface area contributed by atoms with Crippen LogP contribution >= 0.6 is 0 Å². The minimum absolute atomic E-state index is 0.00995. The third-order valence-electron chi connectivity index (χ3n) is 7.59. The molecule has 2 saturated carbocycles. The van der Waals surface area contributed by atoms with E-state index >= 15 is 0 Å². The molecular formula is C27H30N2O5. The summed E-state index contributed by atoms with van der Waals surface area (Å²) in [7, 11) is 0. The monoisotopic (exact) mass is 462 g/mol. The van der Waals surface area contributed by atoms with Gasteiger partial charge >= 0.3 is 12.1 Å². The maximum absolute atomic E-state index is 12.6. The summed E-state index contributed by atoms with van der Waals surface area (Å²) in [6.45, 7) is 0.259. The predicted molar refractivity (Wildman–Crippen MR) is 126 cm³/mol. The minimum Gasteiger partial charge on any atom is -0.481 e. The summed E-state index contributed by atoms with van der Waals surface area (Å²) in [6.07, 6.45) is 3.75. The lowest BCUT2D eigenvalue weighted by atomic mass is 9.78. The number of benzene rings is 2. The van der Waals surface area contributed by atoms with Crippen LogP contribution < -0.4 is 10.6 Å². The van der Waals surface area contributed by atoms with Gasteiger partial charge in [-0.2, -0.15) is 0 Å². The number of carbonyl (C=O) groups excluding carboxylic acids is 2. The Morgan fingerprint density at radius 1 is 0.882 bits per heavy atom. The van der Waals surface area contributed by atoms with Gasteiger partial charge in [0, 0.05) is 23.9 Å². The highest BCUT2D eigenvalue weighted by Crippen LogP contribution is 2.44. The first kappa shape index (κ1) is 22.4. The zero-order valence-electron chi connectivity index (χ0n) is 19.0. The smallest absolute Gasteiger partial charge is 0.407 e. The second kappa shape index (κ2) is 9.49. The van der Waals surface area contributed by atoms with Crippen LogP contribution in [0.2, 0.25) is 0 Å². The van der Waals surface area contributed by atoms with Crippen LogP contribution in [0.25, 0.3) is 11.1 Å². The average molecular weight is 463 g/mol. The summed E-state index contributed by atoms with van der Waals surface area (Å²) >= 11 is 0. The molecular weight excluding hydrogens is 432 g/mol. The molecule has 7 heteroatoms. The number of alkyl carbamates (subject to hydrolysis) is 1. The van der Waals surface area contributed by atoms with E-state index in [0.29, 0.717) is 25.7 Å². The topological polar surface area (TPSA) is 105 Å². The number of ether oxygens (including phenoxy) is 1. The first-order valence-corrected chi connectivity index (χ1v) is 12.2. The summed E-state index contributed by atoms with van der Waals surface area (Å²) in [4.78, 5) is 36.5. The number of hydrogen-bond acceptors (Lipinski definition) is 4. The molecule has 2 unspecified atom stereocenters. The van der Waals surface area contributed by atoms with Crippen molar-refractivity contribution in [2.45, 2.75) is 56.5 Å². The molecule has 2 atom stereocenters. The Hall–Kier alpha value is -3.35. The van der Waals surface area contributed by atoms with Crippen LogP contribution in [-0.2, 0) is 14.3 Å². The van der Waals surface area contributed by atoms with Crippen molar-refractivity contribution in [2.24, 2.45) is 11.8 Å². The molecule has 2 fully saturated rings. The second-order valence-electron chi connectivity index (χ2n) is 9.68. The van der Waals surface area contributed by atoms with Crippen LogP contribution in [0.1, 0.15) is 55.6 Å². The molecule has 3 aliphatic carbocycles. The van der Waals surface area contributed by atoms with E-state index in [1.165, 1.54) is 22.3 Å². The Morgan fingerprint density at radius 2 is 1.50 bits per heavy atom. The largest absolute Gasteiger partial charge is 0.481 e. The minimum atomic E-state index is -0.839. The van der Waals surface area contributed by atoms with Crippen LogP contribution in [0, 0.1) is 11.8 Å². The van der Waals surface area contributed by atoms with Crippen LogP contribution in [0.15, 0.2) is 48.5 Å². The molecule has 3 aliphatic rings. The van der Waals surface area contributed by atoms with E-state index in [4.69, 9.17) is 4.74 Å². The molecule has 178 valence electrons. The lowest BCUT2D eigenvalue weighted by Gasteiger charge is -2.37. The van der Waals surface area contributed by atoms with Gasteiger partial charge in [0.25, 0.3) is 0 Å². The molecule has 2 aromatic rings. The Balaban J connectivity index is 1.09. The van der Waals surface area contributed by atoms with Gasteiger partial charge in [-0.3, -0.25) is 9.59 Å². The highest BCUT2D eigenvalue weighted by Gasteiger charge is 2.39. The van der Waals surface area contributed by atoms with Crippen molar-refractivity contribution in [3.05, 3.63) is 59.7 Å². The molecule has 0 aromatic heterocycles. The number of fused-ring (bicyclic) bond motifs is 3. The van der Waals surface area contributed by atoms with Gasteiger partial charge in [-0.25, -0.2) is 4.79 Å². The van der Waals surface area contributed by atoms with E-state index < -0.39 is 18.0 Å². The lowest BCUT2D eigenvalue weighted by molar-refractivity contribution is -0.144. The molecule has 0 aliphatic heterocycles. The fourth-order valence-corrected chi connectivity index (χ4v) is 5.66. The lowest BCUT2D eigenvalue weighted by Crippen LogP contribution is -2.53. The standard InChI is InChI=1S/C27H30N2O5/c30-25(29-24-12-6-5-11-22(24)26(31)32)16-13-17(14-16)28-27(33)34-15-23-20-9-3-1-7-18(20)19-8-2-4-10-21(19)23/h1-4,7-10,16-17,22-24H,5-6,11-15H2,(H,28,33)(H,29,30)(H,31,32). The van der Waals surface area contributed by atoms with Crippen molar-refractivity contribution in [3.8, 4) is 11.1 Å². The Labute approximate surface area is 198 Å². The maximum Gasteiger partial charge on any atom is 0.407 e. The van der Waals surface area contributed by atoms with Gasteiger partial charge in [-0.15, -0.1) is 0 Å². The highest BCUT2D eigenvalue weighted by molar-refractivity contribution is 5.82. The van der Waals surface area contributed by atoms with Crippen LogP contribution in [0.4, 0.5) is 4.79 Å². The van der Waals surface area contributed by atoms with Gasteiger partial charge in [-0.05, 0) is 47.9 Å². The molecule has 2 amide bonds. The number of amides is 2. The zero-order chi connectivity index (χ0) is 23.7. The van der Waals surface area contributed by atoms with Crippen molar-refractivity contribution in [1.82, 2.24) is 10.6 Å². The van der Waals surface area contributed by atoms with Crippen LogP contribution in [0.5, 0.6) is 0 Å². The molecule has 0 radical (unpaired) electrons. The van der Waals surface area contributed by atoms with E-state index in [2.05, 4.69) is 34.9 Å². The van der Waals surface area contributed by atoms with E-state index in [1.54, 1.807) is 0 Å². The van der Waals surface area contributed by atoms with Gasteiger partial charge in [0.15, 0.2) is 0 Å². The van der Waals surface area contributed by atoms with Crippen LogP contribution in [-0.4, -0.2) is 41.8 Å². The second-order valence-corrected chi connectivity index (χ2v) is 9.68. The Bertz CT molecular complexity index is 1050. The number of hydrogen-bond donors (Lipinski definition) is 3. The number of aliphatic carboxylic acids is 1. The maximum atomic E-state index is 12.6. The summed E-state index contributed by atoms with van der Waals surface area (Å²) in [5.74, 6) is -1.64. The molecule has 5 rings (SSSR count). The number of carboxylic acids is 1. The van der Waals surface area contributed by atoms with Gasteiger partial charge in [-0.1, -0.05) is 61.4 Å². The summed E-state index contributed by atoms with van der Waals surface area (Å²) in [5.41, 5.74) is 4.70. The normalized spacial score (nSPS) is 25.4. The van der Waals surface area contributed by atoms with Gasteiger partial charge in [0.05, 0.1) is 5.92 Å². The molecule has 0 bridgehead atoms. The van der Waals surface area contributed by atoms with E-state index in [-0.39, 0.29) is 36.4 Å². The molecule has 7 nitrogen and oxygen atoms in total. The first-order chi connectivity index (χ1) is 16.5. The third kappa shape index (κ3) is 4.39. The average Bonchev–Trinajstić information content (AvgIpc) is 3.13. The first-order valence-electron chi connectivity index (χ1n) is 12.2. The number of nitrogens with one attached hydrogen (secondary N) is 2. The molecule has 0 heterocycles. The van der Waals surface area contributed by atoms with Crippen molar-refractivity contribution in [3.63, 3.8) is 0 Å². The van der Waals surface area contributed by atoms with Gasteiger partial charge < -0.3 is 20.5 Å². The SMILES string of the molecule is O=C(NC1CC(C(=O)NC2CCCCC2C(=O)O)C1)OCC1c2ccccc2-c2ccccc21. The molecule has 2 aromatic carbocycles. The molecule has 0 spiro atoms. The summed E-state index contributed by atoms with van der Waals surface area (Å²) in [5, 5.41) is 15.2. The highest BCUT2D eigenvalue weighted by atomic mass is 16.5. The van der Waals surface area contributed by atoms with Gasteiger partial charge in [0.2, 0.25) is 5.91 Å². The number of carboxylic acid groups (broad SMARTS) is 1.